The number of fused-ring (bicyclic) bond motifs is 7. The number of ketones is 1. The molecular weight excluding hydrogens is 444 g/mol. The standard InChI is InChI=1S/C31H34N4O/c1-8-19-15(4)22-11-21-14(3)10-27(32-21)28-18(7)31(36)29-17(6)24(35-30(28)29)13-26-20(9-2)16(5)23(34-26)12-25(19)33-22/h8,11-14,18,32-35H,1,9-10H2,2-7H3/b21-11-,23-12-,26-13-,28-27-/t14-,18+/m0/s1. The molecule has 6 rings (SSSR count). The molecule has 5 heterocycles. The zero-order valence-electron chi connectivity index (χ0n) is 22.0. The van der Waals surface area contributed by atoms with E-state index in [0.29, 0.717) is 5.92 Å². The second-order valence-electron chi connectivity index (χ2n) is 10.6. The number of aromatic amines is 3. The number of rotatable bonds is 2. The fourth-order valence-electron chi connectivity index (χ4n) is 6.38. The molecule has 1 saturated heterocycles. The lowest BCUT2D eigenvalue weighted by Gasteiger charge is -2.11. The summed E-state index contributed by atoms with van der Waals surface area (Å²) in [4.78, 5) is 24.4. The molecule has 2 atom stereocenters. The molecule has 5 nitrogen and oxygen atoms in total. The second kappa shape index (κ2) is 7.89. The third kappa shape index (κ3) is 3.05. The van der Waals surface area contributed by atoms with Gasteiger partial charge in [-0.3, -0.25) is 4.79 Å². The van der Waals surface area contributed by atoms with Crippen LogP contribution in [0, 0.1) is 32.6 Å². The van der Waals surface area contributed by atoms with Gasteiger partial charge in [-0.2, -0.15) is 0 Å². The highest BCUT2D eigenvalue weighted by Crippen LogP contribution is 2.44. The number of hydrogen-bond acceptors (Lipinski definition) is 2. The Hall–Kier alpha value is -3.73. The Bertz CT molecular complexity index is 1660. The number of hydrogen-bond donors (Lipinski definition) is 4. The molecule has 0 spiro atoms. The predicted octanol–water partition coefficient (Wildman–Crippen LogP) is 4.99. The number of carbonyl (C=O) groups excluding carboxylic acids is 1. The minimum absolute atomic E-state index is 0.154. The summed E-state index contributed by atoms with van der Waals surface area (Å²) in [5.74, 6) is 0.388. The molecule has 3 aliphatic rings. The van der Waals surface area contributed by atoms with E-state index >= 15 is 0 Å². The quantitative estimate of drug-likeness (QED) is 0.419. The van der Waals surface area contributed by atoms with E-state index in [9.17, 15) is 4.79 Å². The first kappa shape index (κ1) is 22.7. The van der Waals surface area contributed by atoms with Crippen molar-refractivity contribution in [3.63, 3.8) is 0 Å². The van der Waals surface area contributed by atoms with Gasteiger partial charge in [-0.05, 0) is 74.1 Å². The van der Waals surface area contributed by atoms with E-state index in [2.05, 4.69) is 79.7 Å². The van der Waals surface area contributed by atoms with Crippen LogP contribution >= 0.6 is 0 Å². The van der Waals surface area contributed by atoms with Gasteiger partial charge in [0.15, 0.2) is 5.78 Å². The molecule has 184 valence electrons. The normalized spacial score (nSPS) is 25.6. The van der Waals surface area contributed by atoms with Gasteiger partial charge in [-0.1, -0.05) is 33.4 Å². The molecule has 36 heavy (non-hydrogen) atoms. The fraction of sp³-hybridized carbons (Fsp3) is 0.323. The third-order valence-corrected chi connectivity index (χ3v) is 8.55. The van der Waals surface area contributed by atoms with Crippen LogP contribution in [0.3, 0.4) is 0 Å². The largest absolute Gasteiger partial charge is 0.362 e. The molecule has 0 saturated carbocycles. The maximum atomic E-state index is 13.4. The van der Waals surface area contributed by atoms with Crippen LogP contribution in [0.2, 0.25) is 0 Å². The summed E-state index contributed by atoms with van der Waals surface area (Å²) in [5.41, 5.74) is 14.3. The smallest absolute Gasteiger partial charge is 0.172 e. The van der Waals surface area contributed by atoms with Crippen molar-refractivity contribution in [1.82, 2.24) is 20.3 Å². The number of carbonyl (C=O) groups is 1. The topological polar surface area (TPSA) is 76.5 Å². The van der Waals surface area contributed by atoms with Gasteiger partial charge in [0.2, 0.25) is 0 Å². The highest BCUT2D eigenvalue weighted by molar-refractivity contribution is 6.15. The van der Waals surface area contributed by atoms with Crippen molar-refractivity contribution >= 4 is 35.7 Å². The number of aromatic nitrogens is 3. The van der Waals surface area contributed by atoms with E-state index in [4.69, 9.17) is 0 Å². The Labute approximate surface area is 211 Å². The lowest BCUT2D eigenvalue weighted by Crippen LogP contribution is -2.13. The third-order valence-electron chi connectivity index (χ3n) is 8.55. The molecule has 4 N–H and O–H groups in total. The van der Waals surface area contributed by atoms with Crippen molar-refractivity contribution in [3.05, 3.63) is 84.8 Å². The maximum absolute atomic E-state index is 13.4. The van der Waals surface area contributed by atoms with Gasteiger partial charge < -0.3 is 20.3 Å². The molecular formula is C31H34N4O. The summed E-state index contributed by atoms with van der Waals surface area (Å²) in [5, 5.41) is 5.89. The van der Waals surface area contributed by atoms with Crippen LogP contribution in [0.1, 0.15) is 88.1 Å². The molecule has 0 radical (unpaired) electrons. The van der Waals surface area contributed by atoms with Gasteiger partial charge in [-0.15, -0.1) is 0 Å². The van der Waals surface area contributed by atoms with E-state index < -0.39 is 0 Å². The molecule has 3 aromatic rings. The van der Waals surface area contributed by atoms with E-state index in [1.807, 2.05) is 13.0 Å². The summed E-state index contributed by atoms with van der Waals surface area (Å²) in [6.07, 6.45) is 10.4. The number of allylic oxidation sites excluding steroid dienone is 3. The highest BCUT2D eigenvalue weighted by atomic mass is 16.1. The van der Waals surface area contributed by atoms with Crippen LogP contribution in [-0.2, 0) is 6.42 Å². The van der Waals surface area contributed by atoms with Gasteiger partial charge in [0.25, 0.3) is 0 Å². The van der Waals surface area contributed by atoms with Crippen LogP contribution in [0.15, 0.2) is 18.0 Å². The molecule has 1 aliphatic carbocycles. The number of H-pyrrole nitrogens is 3. The van der Waals surface area contributed by atoms with Crippen molar-refractivity contribution in [2.75, 3.05) is 0 Å². The van der Waals surface area contributed by atoms with Crippen LogP contribution in [0.5, 0.6) is 0 Å². The number of nitrogens with one attached hydrogen (secondary N) is 4. The van der Waals surface area contributed by atoms with Crippen molar-refractivity contribution < 1.29 is 4.79 Å². The van der Waals surface area contributed by atoms with E-state index in [1.54, 1.807) is 0 Å². The van der Waals surface area contributed by atoms with Crippen molar-refractivity contribution in [2.45, 2.75) is 54.4 Å². The molecule has 3 aromatic heterocycles. The first-order valence-corrected chi connectivity index (χ1v) is 13.0. The van der Waals surface area contributed by atoms with Gasteiger partial charge >= 0.3 is 0 Å². The van der Waals surface area contributed by atoms with Gasteiger partial charge in [0.05, 0.1) is 5.69 Å². The van der Waals surface area contributed by atoms with Crippen molar-refractivity contribution in [3.8, 4) is 0 Å². The number of Topliss-reactive ketones (excluding diaryl/α,β-unsaturated/α-hetero) is 1. The average molecular weight is 479 g/mol. The van der Waals surface area contributed by atoms with E-state index in [-0.39, 0.29) is 11.7 Å². The van der Waals surface area contributed by atoms with Crippen molar-refractivity contribution in [2.24, 2.45) is 11.8 Å². The van der Waals surface area contributed by atoms with Gasteiger partial charge in [0.1, 0.15) is 0 Å². The van der Waals surface area contributed by atoms with Crippen LogP contribution in [0.25, 0.3) is 29.9 Å². The van der Waals surface area contributed by atoms with Crippen LogP contribution in [0.4, 0.5) is 0 Å². The monoisotopic (exact) mass is 478 g/mol. The van der Waals surface area contributed by atoms with Crippen LogP contribution in [-0.4, -0.2) is 20.7 Å². The lowest BCUT2D eigenvalue weighted by molar-refractivity contribution is 0.0965. The zero-order valence-corrected chi connectivity index (χ0v) is 22.0. The fourth-order valence-corrected chi connectivity index (χ4v) is 6.38. The molecule has 1 fully saturated rings. The minimum Gasteiger partial charge on any atom is -0.362 e. The molecule has 8 bridgehead atoms. The first-order valence-electron chi connectivity index (χ1n) is 13.0. The van der Waals surface area contributed by atoms with E-state index in [0.717, 1.165) is 74.3 Å². The summed E-state index contributed by atoms with van der Waals surface area (Å²) >= 11 is 0. The lowest BCUT2D eigenvalue weighted by atomic mass is 9.97. The Kier molecular flexibility index (Phi) is 4.98. The predicted molar refractivity (Wildman–Crippen MR) is 148 cm³/mol. The summed E-state index contributed by atoms with van der Waals surface area (Å²) in [6.45, 7) is 17.0. The summed E-state index contributed by atoms with van der Waals surface area (Å²) in [6, 6.07) is 0. The van der Waals surface area contributed by atoms with E-state index in [1.165, 1.54) is 22.4 Å². The van der Waals surface area contributed by atoms with Gasteiger partial charge in [-0.25, -0.2) is 0 Å². The molecule has 0 amide bonds. The zero-order chi connectivity index (χ0) is 25.5. The summed E-state index contributed by atoms with van der Waals surface area (Å²) < 4.78 is 0. The Morgan fingerprint density at radius 3 is 2.39 bits per heavy atom. The van der Waals surface area contributed by atoms with Crippen molar-refractivity contribution in [1.29, 1.82) is 0 Å². The Balaban J connectivity index is 1.73. The summed E-state index contributed by atoms with van der Waals surface area (Å²) in [7, 11) is 0. The molecule has 0 unspecified atom stereocenters. The van der Waals surface area contributed by atoms with Crippen LogP contribution < -0.4 is 16.0 Å². The second-order valence-corrected chi connectivity index (χ2v) is 10.6. The molecule has 0 aromatic carbocycles. The SMILES string of the molecule is C=Cc1c2[nH]c(c1C)/C=C1\N/C(=C3\c4[nH]c(c(C)c4C(=O)[C@@H]3C)/C=c3\[nH]/c(c(C)c3CC)=C\2)C[C@@H]1C. The Morgan fingerprint density at radius 2 is 1.67 bits per heavy atom. The molecule has 2 aliphatic heterocycles. The van der Waals surface area contributed by atoms with Gasteiger partial charge in [0, 0.05) is 67.7 Å². The first-order chi connectivity index (χ1) is 17.2. The molecule has 5 heteroatoms. The maximum Gasteiger partial charge on any atom is 0.172 e. The minimum atomic E-state index is -0.154. The Morgan fingerprint density at radius 1 is 0.944 bits per heavy atom. The highest BCUT2D eigenvalue weighted by Gasteiger charge is 2.39. The average Bonchev–Trinajstić information content (AvgIpc) is 3.58.